The van der Waals surface area contributed by atoms with E-state index >= 15 is 0 Å². The molecule has 2 rings (SSSR count). The van der Waals surface area contributed by atoms with E-state index in [2.05, 4.69) is 6.07 Å². The number of esters is 1. The van der Waals surface area contributed by atoms with E-state index in [9.17, 15) is 10.1 Å². The van der Waals surface area contributed by atoms with Crippen LogP contribution in [0.3, 0.4) is 0 Å². The van der Waals surface area contributed by atoms with Gasteiger partial charge < -0.3 is 23.7 Å². The van der Waals surface area contributed by atoms with E-state index < -0.39 is 28.9 Å². The molecule has 0 spiro atoms. The van der Waals surface area contributed by atoms with Gasteiger partial charge in [0.25, 0.3) is 5.79 Å². The zero-order valence-corrected chi connectivity index (χ0v) is 16.2. The Bertz CT molecular complexity index is 718. The van der Waals surface area contributed by atoms with Crippen LogP contribution in [0.1, 0.15) is 12.5 Å². The van der Waals surface area contributed by atoms with Crippen molar-refractivity contribution < 1.29 is 28.5 Å². The van der Waals surface area contributed by atoms with E-state index in [4.69, 9.17) is 23.7 Å². The third-order valence-corrected chi connectivity index (χ3v) is 5.09. The van der Waals surface area contributed by atoms with Crippen molar-refractivity contribution >= 4 is 12.0 Å². The van der Waals surface area contributed by atoms with Gasteiger partial charge in [0, 0.05) is 28.4 Å². The molecule has 1 aliphatic carbocycles. The molecule has 1 aromatic carbocycles. The van der Waals surface area contributed by atoms with E-state index in [0.717, 1.165) is 5.56 Å². The fourth-order valence-corrected chi connectivity index (χ4v) is 3.92. The molecule has 0 aliphatic heterocycles. The summed E-state index contributed by atoms with van der Waals surface area (Å²) in [5.74, 6) is -4.94. The Morgan fingerprint density at radius 2 is 1.70 bits per heavy atom. The summed E-state index contributed by atoms with van der Waals surface area (Å²) < 4.78 is 27.5. The van der Waals surface area contributed by atoms with E-state index in [1.807, 2.05) is 30.3 Å². The van der Waals surface area contributed by atoms with Gasteiger partial charge in [-0.05, 0) is 12.5 Å². The van der Waals surface area contributed by atoms with Gasteiger partial charge in [0.05, 0.1) is 18.6 Å². The summed E-state index contributed by atoms with van der Waals surface area (Å²) in [5, 5.41) is 10.1. The minimum absolute atomic E-state index is 0.105. The standard InChI is InChI=1S/C20H25NO6/c1-6-27-17(22)18(14-21)16(13-12-15-10-8-7-9-11-15)19(23-2,24-3)20(18,25-4)26-5/h7-13,16H,6H2,1-5H3/b13-12-/t16-,18-/m1/s1. The van der Waals surface area contributed by atoms with Crippen molar-refractivity contribution in [3.8, 4) is 6.07 Å². The van der Waals surface area contributed by atoms with Crippen molar-refractivity contribution in [2.45, 2.75) is 18.5 Å². The monoisotopic (exact) mass is 375 g/mol. The maximum atomic E-state index is 12.9. The number of carbonyl (C=O) groups is 1. The Hall–Kier alpha value is -2.24. The molecule has 1 aromatic rings. The number of methoxy groups -OCH3 is 4. The highest BCUT2D eigenvalue weighted by Crippen LogP contribution is 2.66. The molecule has 2 atom stereocenters. The first-order chi connectivity index (χ1) is 13.0. The molecule has 1 aliphatic rings. The van der Waals surface area contributed by atoms with Crippen LogP contribution in [-0.2, 0) is 28.5 Å². The van der Waals surface area contributed by atoms with E-state index in [1.54, 1.807) is 19.1 Å². The number of benzene rings is 1. The molecule has 0 saturated heterocycles. The molecule has 0 aromatic heterocycles. The van der Waals surface area contributed by atoms with Crippen molar-refractivity contribution in [3.63, 3.8) is 0 Å². The van der Waals surface area contributed by atoms with Gasteiger partial charge in [-0.1, -0.05) is 42.5 Å². The van der Waals surface area contributed by atoms with Crippen molar-refractivity contribution in [1.82, 2.24) is 0 Å². The van der Waals surface area contributed by atoms with Gasteiger partial charge in [0.2, 0.25) is 11.2 Å². The van der Waals surface area contributed by atoms with Crippen LogP contribution in [0.15, 0.2) is 36.4 Å². The number of rotatable bonds is 8. The van der Waals surface area contributed by atoms with Crippen LogP contribution in [0, 0.1) is 22.7 Å². The number of ether oxygens (including phenoxy) is 5. The fourth-order valence-electron chi connectivity index (χ4n) is 3.92. The third kappa shape index (κ3) is 2.68. The SMILES string of the molecule is CCOC(=O)[C@@]1(C#N)[C@@H](/C=C\c2ccccc2)C(OC)(OC)C1(OC)OC. The highest BCUT2D eigenvalue weighted by atomic mass is 16.8. The first-order valence-electron chi connectivity index (χ1n) is 8.52. The predicted octanol–water partition coefficient (Wildman–Crippen LogP) is 2.38. The van der Waals surface area contributed by atoms with Gasteiger partial charge in [0.1, 0.15) is 0 Å². The molecule has 1 saturated carbocycles. The minimum Gasteiger partial charge on any atom is -0.465 e. The topological polar surface area (TPSA) is 87.0 Å². The second-order valence-corrected chi connectivity index (χ2v) is 5.99. The van der Waals surface area contributed by atoms with Gasteiger partial charge >= 0.3 is 5.97 Å². The van der Waals surface area contributed by atoms with Crippen LogP contribution < -0.4 is 0 Å². The van der Waals surface area contributed by atoms with E-state index in [-0.39, 0.29) is 6.61 Å². The Morgan fingerprint density at radius 1 is 1.11 bits per heavy atom. The molecule has 146 valence electrons. The lowest BCUT2D eigenvalue weighted by molar-refractivity contribution is -0.492. The maximum Gasteiger partial charge on any atom is 0.333 e. The van der Waals surface area contributed by atoms with Crippen LogP contribution in [0.5, 0.6) is 0 Å². The number of nitriles is 1. The van der Waals surface area contributed by atoms with Gasteiger partial charge in [-0.25, -0.2) is 0 Å². The fraction of sp³-hybridized carbons (Fsp3) is 0.500. The lowest BCUT2D eigenvalue weighted by Crippen LogP contribution is -2.85. The first kappa shape index (κ1) is 21.1. The minimum atomic E-state index is -1.82. The van der Waals surface area contributed by atoms with Gasteiger partial charge in [-0.15, -0.1) is 0 Å². The van der Waals surface area contributed by atoms with Crippen molar-refractivity contribution in [2.75, 3.05) is 35.0 Å². The lowest BCUT2D eigenvalue weighted by atomic mass is 9.50. The van der Waals surface area contributed by atoms with Gasteiger partial charge in [0.15, 0.2) is 0 Å². The molecule has 0 unspecified atom stereocenters. The molecule has 27 heavy (non-hydrogen) atoms. The first-order valence-corrected chi connectivity index (χ1v) is 8.52. The van der Waals surface area contributed by atoms with E-state index in [1.165, 1.54) is 28.4 Å². The molecule has 7 heteroatoms. The lowest BCUT2D eigenvalue weighted by Gasteiger charge is -2.65. The molecular weight excluding hydrogens is 350 g/mol. The predicted molar refractivity (Wildman–Crippen MR) is 97.1 cm³/mol. The molecule has 1 fully saturated rings. The second kappa shape index (κ2) is 8.19. The molecule has 0 N–H and O–H groups in total. The van der Waals surface area contributed by atoms with Crippen molar-refractivity contribution in [1.29, 1.82) is 5.26 Å². The summed E-state index contributed by atoms with van der Waals surface area (Å²) in [6.45, 7) is 1.77. The molecule has 0 bridgehead atoms. The van der Waals surface area contributed by atoms with Crippen LogP contribution in [0.25, 0.3) is 6.08 Å². The summed E-state index contributed by atoms with van der Waals surface area (Å²) in [4.78, 5) is 12.9. The third-order valence-electron chi connectivity index (χ3n) is 5.09. The molecule has 0 heterocycles. The highest BCUT2D eigenvalue weighted by molar-refractivity contribution is 5.85. The average Bonchev–Trinajstić information content (AvgIpc) is 2.70. The summed E-state index contributed by atoms with van der Waals surface area (Å²) in [7, 11) is 5.48. The Labute approximate surface area is 159 Å². The van der Waals surface area contributed by atoms with Crippen molar-refractivity contribution in [3.05, 3.63) is 42.0 Å². The summed E-state index contributed by atoms with van der Waals surface area (Å²) in [5.41, 5.74) is -0.925. The molecule has 7 nitrogen and oxygen atoms in total. The highest BCUT2D eigenvalue weighted by Gasteiger charge is 2.88. The number of hydrogen-bond donors (Lipinski definition) is 0. The number of nitrogens with zero attached hydrogens (tertiary/aromatic N) is 1. The zero-order valence-electron chi connectivity index (χ0n) is 16.2. The maximum absolute atomic E-state index is 12.9. The molecular formula is C20H25NO6. The van der Waals surface area contributed by atoms with Crippen LogP contribution >= 0.6 is 0 Å². The van der Waals surface area contributed by atoms with Gasteiger partial charge in [-0.2, -0.15) is 5.26 Å². The van der Waals surface area contributed by atoms with Crippen molar-refractivity contribution in [2.24, 2.45) is 11.3 Å². The number of carbonyl (C=O) groups excluding carboxylic acids is 1. The van der Waals surface area contributed by atoms with Crippen LogP contribution in [0.4, 0.5) is 0 Å². The number of hydrogen-bond acceptors (Lipinski definition) is 7. The summed E-state index contributed by atoms with van der Waals surface area (Å²) in [6, 6.07) is 11.5. The summed E-state index contributed by atoms with van der Waals surface area (Å²) >= 11 is 0. The zero-order chi connectivity index (χ0) is 20.1. The average molecular weight is 375 g/mol. The van der Waals surface area contributed by atoms with Gasteiger partial charge in [-0.3, -0.25) is 4.79 Å². The van der Waals surface area contributed by atoms with Crippen LogP contribution in [-0.4, -0.2) is 52.6 Å². The smallest absolute Gasteiger partial charge is 0.333 e. The van der Waals surface area contributed by atoms with E-state index in [0.29, 0.717) is 0 Å². The summed E-state index contributed by atoms with van der Waals surface area (Å²) in [6.07, 6.45) is 3.48. The molecule has 0 radical (unpaired) electrons. The molecule has 0 amide bonds. The quantitative estimate of drug-likeness (QED) is 0.509. The Kier molecular flexibility index (Phi) is 6.39. The second-order valence-electron chi connectivity index (χ2n) is 5.99. The Morgan fingerprint density at radius 3 is 2.15 bits per heavy atom. The largest absolute Gasteiger partial charge is 0.465 e. The Balaban J connectivity index is 2.65. The van der Waals surface area contributed by atoms with Crippen LogP contribution in [0.2, 0.25) is 0 Å². The normalized spacial score (nSPS) is 25.6.